The molecule has 2 unspecified atom stereocenters. The van der Waals surface area contributed by atoms with Crippen molar-refractivity contribution >= 4 is 39.5 Å². The maximum atomic E-state index is 13.0. The monoisotopic (exact) mass is 1310 g/mol. The van der Waals surface area contributed by atoms with Crippen LogP contribution in [0.15, 0.2) is 0 Å². The number of ether oxygens (including phenoxy) is 4. The van der Waals surface area contributed by atoms with E-state index in [1.165, 1.54) is 154 Å². The molecular formula is C70H136O17P2. The lowest BCUT2D eigenvalue weighted by molar-refractivity contribution is -0.161. The van der Waals surface area contributed by atoms with Crippen LogP contribution in [0.1, 0.15) is 350 Å². The predicted octanol–water partition coefficient (Wildman–Crippen LogP) is 19.8. The van der Waals surface area contributed by atoms with Crippen LogP contribution in [0.2, 0.25) is 0 Å². The molecule has 0 fully saturated rings. The molecule has 0 rings (SSSR count). The summed E-state index contributed by atoms with van der Waals surface area (Å²) in [7, 11) is -9.89. The number of phosphoric ester groups is 2. The fraction of sp³-hybridized carbons (Fsp3) is 0.943. The van der Waals surface area contributed by atoms with Crippen LogP contribution >= 0.6 is 15.6 Å². The van der Waals surface area contributed by atoms with Gasteiger partial charge in [0, 0.05) is 25.7 Å². The van der Waals surface area contributed by atoms with Crippen molar-refractivity contribution in [2.75, 3.05) is 39.6 Å². The molecule has 0 aromatic heterocycles. The molecule has 19 heteroatoms. The minimum Gasteiger partial charge on any atom is -0.462 e. The first-order valence-corrected chi connectivity index (χ1v) is 39.3. The smallest absolute Gasteiger partial charge is 0.462 e. The summed E-state index contributed by atoms with van der Waals surface area (Å²) in [6.07, 6.45) is 44.8. The lowest BCUT2D eigenvalue weighted by Crippen LogP contribution is -2.30. The molecule has 0 spiro atoms. The molecule has 528 valence electrons. The summed E-state index contributed by atoms with van der Waals surface area (Å²) in [6.45, 7) is 11.8. The summed E-state index contributed by atoms with van der Waals surface area (Å²) in [5.41, 5.74) is 0. The summed E-state index contributed by atoms with van der Waals surface area (Å²) in [4.78, 5) is 72.3. The zero-order valence-corrected chi connectivity index (χ0v) is 59.7. The van der Waals surface area contributed by atoms with Crippen LogP contribution in [0.3, 0.4) is 0 Å². The molecule has 0 aliphatic heterocycles. The fourth-order valence-electron chi connectivity index (χ4n) is 10.5. The van der Waals surface area contributed by atoms with Crippen molar-refractivity contribution in [3.05, 3.63) is 0 Å². The van der Waals surface area contributed by atoms with E-state index < -0.39 is 97.5 Å². The molecule has 0 saturated heterocycles. The molecule has 0 aliphatic carbocycles. The van der Waals surface area contributed by atoms with E-state index in [2.05, 4.69) is 48.5 Å². The molecule has 0 aromatic rings. The van der Waals surface area contributed by atoms with E-state index in [1.807, 2.05) is 0 Å². The lowest BCUT2D eigenvalue weighted by Gasteiger charge is -2.21. The summed E-state index contributed by atoms with van der Waals surface area (Å²) < 4.78 is 68.1. The van der Waals surface area contributed by atoms with Crippen LogP contribution in [-0.2, 0) is 65.4 Å². The lowest BCUT2D eigenvalue weighted by atomic mass is 10.0. The van der Waals surface area contributed by atoms with Crippen molar-refractivity contribution in [3.8, 4) is 0 Å². The number of rotatable bonds is 68. The van der Waals surface area contributed by atoms with Crippen molar-refractivity contribution in [3.63, 3.8) is 0 Å². The van der Waals surface area contributed by atoms with Crippen LogP contribution in [0.5, 0.6) is 0 Å². The highest BCUT2D eigenvalue weighted by molar-refractivity contribution is 7.47. The molecule has 0 heterocycles. The van der Waals surface area contributed by atoms with Gasteiger partial charge in [0.2, 0.25) is 0 Å². The molecule has 5 atom stereocenters. The summed E-state index contributed by atoms with van der Waals surface area (Å²) >= 11 is 0. The van der Waals surface area contributed by atoms with Gasteiger partial charge in [0.25, 0.3) is 0 Å². The highest BCUT2D eigenvalue weighted by Crippen LogP contribution is 2.45. The Kier molecular flexibility index (Phi) is 59.6. The topological polar surface area (TPSA) is 237 Å². The molecule has 0 bridgehead atoms. The van der Waals surface area contributed by atoms with E-state index in [0.717, 1.165) is 114 Å². The molecule has 0 radical (unpaired) electrons. The van der Waals surface area contributed by atoms with Gasteiger partial charge in [-0.25, -0.2) is 9.13 Å². The summed E-state index contributed by atoms with van der Waals surface area (Å²) in [5, 5.41) is 10.6. The van der Waals surface area contributed by atoms with Gasteiger partial charge >= 0.3 is 39.5 Å². The first-order chi connectivity index (χ1) is 42.7. The Morgan fingerprint density at radius 1 is 0.303 bits per heavy atom. The van der Waals surface area contributed by atoms with Gasteiger partial charge in [0.15, 0.2) is 12.2 Å². The Hall–Kier alpha value is -1.94. The second-order valence-electron chi connectivity index (χ2n) is 26.7. The number of unbranched alkanes of at least 4 members (excludes halogenated alkanes) is 36. The Bertz CT molecular complexity index is 1750. The van der Waals surface area contributed by atoms with E-state index in [9.17, 15) is 43.2 Å². The number of hydrogen-bond donors (Lipinski definition) is 3. The average molecular weight is 1310 g/mol. The molecular weight excluding hydrogens is 1170 g/mol. The normalized spacial score (nSPS) is 14.2. The van der Waals surface area contributed by atoms with Gasteiger partial charge in [-0.15, -0.1) is 0 Å². The molecule has 0 aromatic carbocycles. The van der Waals surface area contributed by atoms with E-state index in [0.29, 0.717) is 25.7 Å². The first kappa shape index (κ1) is 87.1. The molecule has 0 amide bonds. The molecule has 3 N–H and O–H groups in total. The molecule has 0 aliphatic rings. The Balaban J connectivity index is 5.17. The van der Waals surface area contributed by atoms with E-state index >= 15 is 0 Å². The number of aliphatic hydroxyl groups is 1. The van der Waals surface area contributed by atoms with Crippen LogP contribution < -0.4 is 0 Å². The second-order valence-corrected chi connectivity index (χ2v) is 29.6. The molecule has 89 heavy (non-hydrogen) atoms. The largest absolute Gasteiger partial charge is 0.472 e. The van der Waals surface area contributed by atoms with Crippen LogP contribution in [0.4, 0.5) is 0 Å². The van der Waals surface area contributed by atoms with Gasteiger partial charge < -0.3 is 33.8 Å². The summed E-state index contributed by atoms with van der Waals surface area (Å²) in [6, 6.07) is 0. The third-order valence-corrected chi connectivity index (χ3v) is 18.0. The zero-order chi connectivity index (χ0) is 65.9. The van der Waals surface area contributed by atoms with Crippen LogP contribution in [0.25, 0.3) is 0 Å². The number of esters is 4. The Morgan fingerprint density at radius 3 is 0.764 bits per heavy atom. The van der Waals surface area contributed by atoms with Gasteiger partial charge in [-0.1, -0.05) is 299 Å². The van der Waals surface area contributed by atoms with Crippen molar-refractivity contribution in [2.45, 2.75) is 369 Å². The first-order valence-electron chi connectivity index (χ1n) is 36.3. The molecule has 17 nitrogen and oxygen atoms in total. The van der Waals surface area contributed by atoms with Crippen molar-refractivity contribution in [1.29, 1.82) is 0 Å². The minimum absolute atomic E-state index is 0.104. The number of phosphoric acid groups is 2. The maximum absolute atomic E-state index is 13.0. The highest BCUT2D eigenvalue weighted by atomic mass is 31.2. The average Bonchev–Trinajstić information content (AvgIpc) is 3.65. The van der Waals surface area contributed by atoms with Crippen molar-refractivity contribution < 1.29 is 80.2 Å². The zero-order valence-electron chi connectivity index (χ0n) is 57.9. The standard InChI is InChI=1S/C70H136O17P2/c1-8-9-10-34-44-51-67(72)80-57-65(86-70(75)54-47-40-33-27-21-24-30-37-43-50-63(6)7)59-84-88(76,77)82-55-64(71)56-83-89(78,79)85-60-66(58-81-68(73)52-45-38-31-25-19-16-15-18-23-29-36-42-49-62(4)5)87-69(74)53-46-39-32-26-20-14-12-11-13-17-22-28-35-41-48-61(2)3/h61-66,71H,8-60H2,1-7H3,(H,76,77)(H,78,79)/t64-,65+,66+/m0/s1. The third kappa shape index (κ3) is 64.6. The van der Waals surface area contributed by atoms with E-state index in [-0.39, 0.29) is 25.7 Å². The number of carbonyl (C=O) groups excluding carboxylic acids is 4. The van der Waals surface area contributed by atoms with Crippen molar-refractivity contribution in [1.82, 2.24) is 0 Å². The fourth-order valence-corrected chi connectivity index (χ4v) is 12.1. The van der Waals surface area contributed by atoms with Crippen molar-refractivity contribution in [2.24, 2.45) is 17.8 Å². The van der Waals surface area contributed by atoms with Crippen LogP contribution in [0, 0.1) is 17.8 Å². The van der Waals surface area contributed by atoms with Gasteiger partial charge in [-0.3, -0.25) is 37.3 Å². The number of carbonyl (C=O) groups is 4. The van der Waals surface area contributed by atoms with E-state index in [1.54, 1.807) is 0 Å². The number of aliphatic hydroxyl groups excluding tert-OH is 1. The molecule has 0 saturated carbocycles. The predicted molar refractivity (Wildman–Crippen MR) is 358 cm³/mol. The number of hydrogen-bond acceptors (Lipinski definition) is 15. The van der Waals surface area contributed by atoms with Gasteiger partial charge in [-0.05, 0) is 43.4 Å². The SMILES string of the molecule is CCCCCCCC(=O)OC[C@H](COP(=O)(O)OC[C@H](O)COP(=O)(O)OC[C@@H](COC(=O)CCCCCCCCCCCCCCC(C)C)OC(=O)CCCCCCCCCCCCCCCCC(C)C)OC(=O)CCCCCCCCCCCC(C)C. The maximum Gasteiger partial charge on any atom is 0.472 e. The minimum atomic E-state index is -4.95. The van der Waals surface area contributed by atoms with Gasteiger partial charge in [0.05, 0.1) is 26.4 Å². The van der Waals surface area contributed by atoms with Crippen LogP contribution in [-0.4, -0.2) is 96.7 Å². The van der Waals surface area contributed by atoms with Gasteiger partial charge in [-0.2, -0.15) is 0 Å². The quantitative estimate of drug-likeness (QED) is 0.0222. The highest BCUT2D eigenvalue weighted by Gasteiger charge is 2.30. The Labute approximate surface area is 543 Å². The summed E-state index contributed by atoms with van der Waals surface area (Å²) in [5.74, 6) is 0.177. The van der Waals surface area contributed by atoms with E-state index in [4.69, 9.17) is 37.0 Å². The van der Waals surface area contributed by atoms with Gasteiger partial charge in [0.1, 0.15) is 19.3 Å². The second kappa shape index (κ2) is 61.0. The Morgan fingerprint density at radius 2 is 0.517 bits per heavy atom. The third-order valence-electron chi connectivity index (χ3n) is 16.1.